The summed E-state index contributed by atoms with van der Waals surface area (Å²) in [6.07, 6.45) is 1.38. The van der Waals surface area contributed by atoms with Crippen LogP contribution in [0.4, 0.5) is 0 Å². The van der Waals surface area contributed by atoms with E-state index >= 15 is 0 Å². The molecule has 0 fully saturated rings. The Morgan fingerprint density at radius 1 is 1.30 bits per heavy atom. The summed E-state index contributed by atoms with van der Waals surface area (Å²) < 4.78 is 5.75. The number of fused-ring (bicyclic) bond motifs is 1. The van der Waals surface area contributed by atoms with E-state index in [0.29, 0.717) is 17.0 Å². The van der Waals surface area contributed by atoms with Gasteiger partial charge in [-0.15, -0.1) is 0 Å². The van der Waals surface area contributed by atoms with Gasteiger partial charge in [-0.1, -0.05) is 6.07 Å². The van der Waals surface area contributed by atoms with Crippen LogP contribution in [0.25, 0.3) is 0 Å². The van der Waals surface area contributed by atoms with Crippen molar-refractivity contribution in [3.05, 3.63) is 59.4 Å². The Kier molecular flexibility index (Phi) is 2.95. The van der Waals surface area contributed by atoms with Gasteiger partial charge in [-0.05, 0) is 30.3 Å². The van der Waals surface area contributed by atoms with Gasteiger partial charge in [0.1, 0.15) is 11.9 Å². The number of ether oxygens (including phenoxy) is 1. The van der Waals surface area contributed by atoms with Crippen LogP contribution in [0.15, 0.2) is 42.6 Å². The first-order chi connectivity index (χ1) is 9.65. The van der Waals surface area contributed by atoms with Crippen molar-refractivity contribution in [3.63, 3.8) is 0 Å². The average molecular weight is 269 g/mol. The fourth-order valence-corrected chi connectivity index (χ4v) is 2.19. The second-order valence-corrected chi connectivity index (χ2v) is 4.50. The fraction of sp³-hybridized carbons (Fsp3) is 0.133. The van der Waals surface area contributed by atoms with E-state index in [1.54, 1.807) is 18.3 Å². The molecule has 1 aromatic heterocycles. The van der Waals surface area contributed by atoms with Crippen LogP contribution in [0.2, 0.25) is 0 Å². The van der Waals surface area contributed by atoms with E-state index in [-0.39, 0.29) is 17.8 Å². The molecule has 0 saturated heterocycles. The third-order valence-corrected chi connectivity index (χ3v) is 3.18. The molecule has 3 rings (SSSR count). The number of rotatable bonds is 2. The number of hydrogen-bond acceptors (Lipinski definition) is 4. The zero-order chi connectivity index (χ0) is 14.1. The second-order valence-electron chi connectivity index (χ2n) is 4.50. The van der Waals surface area contributed by atoms with Crippen molar-refractivity contribution in [2.45, 2.75) is 12.5 Å². The number of ketones is 1. The van der Waals surface area contributed by atoms with Gasteiger partial charge in [0.05, 0.1) is 23.2 Å². The number of nitrogens with zero attached hydrogens (tertiary/aromatic N) is 1. The molecule has 0 radical (unpaired) electrons. The van der Waals surface area contributed by atoms with Crippen LogP contribution >= 0.6 is 0 Å². The minimum atomic E-state index is -1.06. The molecule has 1 aliphatic heterocycles. The molecule has 1 N–H and O–H groups in total. The van der Waals surface area contributed by atoms with Crippen LogP contribution in [0.1, 0.15) is 38.9 Å². The summed E-state index contributed by atoms with van der Waals surface area (Å²) in [7, 11) is 0. The standard InChI is InChI=1S/C15H11NO4/c17-12-8-14(11-3-1-2-6-16-11)20-13-5-4-9(15(18)19)7-10(12)13/h1-7,14H,8H2,(H,18,19). The Morgan fingerprint density at radius 3 is 2.85 bits per heavy atom. The fourth-order valence-electron chi connectivity index (χ4n) is 2.19. The average Bonchev–Trinajstić information content (AvgIpc) is 2.47. The number of carbonyl (C=O) groups excluding carboxylic acids is 1. The van der Waals surface area contributed by atoms with Crippen molar-refractivity contribution in [3.8, 4) is 5.75 Å². The summed E-state index contributed by atoms with van der Waals surface area (Å²) in [6.45, 7) is 0. The highest BCUT2D eigenvalue weighted by molar-refractivity contribution is 6.02. The highest BCUT2D eigenvalue weighted by atomic mass is 16.5. The molecule has 1 aromatic carbocycles. The van der Waals surface area contributed by atoms with Gasteiger partial charge < -0.3 is 9.84 Å². The molecule has 0 aliphatic carbocycles. The lowest BCUT2D eigenvalue weighted by Crippen LogP contribution is -2.21. The quantitative estimate of drug-likeness (QED) is 0.906. The topological polar surface area (TPSA) is 76.5 Å². The van der Waals surface area contributed by atoms with E-state index < -0.39 is 12.1 Å². The number of carboxylic acid groups (broad SMARTS) is 1. The number of benzene rings is 1. The van der Waals surface area contributed by atoms with Crippen molar-refractivity contribution in [1.82, 2.24) is 4.98 Å². The van der Waals surface area contributed by atoms with Gasteiger partial charge in [-0.25, -0.2) is 4.79 Å². The van der Waals surface area contributed by atoms with E-state index in [4.69, 9.17) is 9.84 Å². The summed E-state index contributed by atoms with van der Waals surface area (Å²) in [5, 5.41) is 8.94. The molecule has 0 saturated carbocycles. The van der Waals surface area contributed by atoms with Gasteiger partial charge in [0.25, 0.3) is 0 Å². The van der Waals surface area contributed by atoms with Gasteiger partial charge in [-0.3, -0.25) is 9.78 Å². The maximum absolute atomic E-state index is 12.1. The highest BCUT2D eigenvalue weighted by Gasteiger charge is 2.29. The summed E-state index contributed by atoms with van der Waals surface area (Å²) in [5.74, 6) is -0.792. The predicted molar refractivity (Wildman–Crippen MR) is 70.0 cm³/mol. The zero-order valence-electron chi connectivity index (χ0n) is 10.4. The third kappa shape index (κ3) is 2.14. The Hall–Kier alpha value is -2.69. The normalized spacial score (nSPS) is 17.2. The SMILES string of the molecule is O=C(O)c1ccc2c(c1)C(=O)CC(c1ccccn1)O2. The van der Waals surface area contributed by atoms with Crippen LogP contribution in [0.5, 0.6) is 5.75 Å². The Labute approximate surface area is 114 Å². The van der Waals surface area contributed by atoms with E-state index in [1.807, 2.05) is 6.07 Å². The van der Waals surface area contributed by atoms with Gasteiger partial charge in [0.15, 0.2) is 5.78 Å². The Balaban J connectivity index is 1.96. The van der Waals surface area contributed by atoms with E-state index in [2.05, 4.69) is 4.98 Å². The molecule has 5 nitrogen and oxygen atoms in total. The van der Waals surface area contributed by atoms with Crippen molar-refractivity contribution in [1.29, 1.82) is 0 Å². The molecule has 0 bridgehead atoms. The Morgan fingerprint density at radius 2 is 2.15 bits per heavy atom. The molecule has 1 unspecified atom stereocenters. The molecular weight excluding hydrogens is 258 g/mol. The molecule has 0 spiro atoms. The number of hydrogen-bond donors (Lipinski definition) is 1. The van der Waals surface area contributed by atoms with Gasteiger partial charge in [0.2, 0.25) is 0 Å². The van der Waals surface area contributed by atoms with E-state index in [0.717, 1.165) is 0 Å². The van der Waals surface area contributed by atoms with Gasteiger partial charge in [-0.2, -0.15) is 0 Å². The molecule has 1 aliphatic rings. The summed E-state index contributed by atoms with van der Waals surface area (Å²) >= 11 is 0. The van der Waals surface area contributed by atoms with E-state index in [9.17, 15) is 9.59 Å². The number of aromatic nitrogens is 1. The first-order valence-corrected chi connectivity index (χ1v) is 6.13. The summed E-state index contributed by atoms with van der Waals surface area (Å²) in [6, 6.07) is 9.73. The number of carboxylic acids is 1. The van der Waals surface area contributed by atoms with Crippen LogP contribution in [-0.2, 0) is 0 Å². The molecule has 1 atom stereocenters. The van der Waals surface area contributed by atoms with Crippen molar-refractivity contribution in [2.75, 3.05) is 0 Å². The number of pyridine rings is 1. The minimum Gasteiger partial charge on any atom is -0.483 e. The maximum atomic E-state index is 12.1. The summed E-state index contributed by atoms with van der Waals surface area (Å²) in [4.78, 5) is 27.2. The first kappa shape index (κ1) is 12.3. The van der Waals surface area contributed by atoms with Gasteiger partial charge >= 0.3 is 5.97 Å². The van der Waals surface area contributed by atoms with Crippen LogP contribution in [0.3, 0.4) is 0 Å². The van der Waals surface area contributed by atoms with E-state index in [1.165, 1.54) is 18.2 Å². The molecular formula is C15H11NO4. The highest BCUT2D eigenvalue weighted by Crippen LogP contribution is 2.34. The molecule has 5 heteroatoms. The van der Waals surface area contributed by atoms with Gasteiger partial charge in [0, 0.05) is 6.20 Å². The molecule has 0 amide bonds. The molecule has 20 heavy (non-hydrogen) atoms. The Bertz CT molecular complexity index is 682. The predicted octanol–water partition coefficient (Wildman–Crippen LogP) is 2.49. The lowest BCUT2D eigenvalue weighted by atomic mass is 9.97. The first-order valence-electron chi connectivity index (χ1n) is 6.13. The van der Waals surface area contributed by atoms with Crippen LogP contribution in [0, 0.1) is 0 Å². The maximum Gasteiger partial charge on any atom is 0.335 e. The van der Waals surface area contributed by atoms with Crippen molar-refractivity contribution in [2.24, 2.45) is 0 Å². The van der Waals surface area contributed by atoms with Crippen LogP contribution in [-0.4, -0.2) is 21.8 Å². The number of carbonyl (C=O) groups is 2. The largest absolute Gasteiger partial charge is 0.483 e. The molecule has 100 valence electrons. The lowest BCUT2D eigenvalue weighted by Gasteiger charge is -2.24. The smallest absolute Gasteiger partial charge is 0.335 e. The monoisotopic (exact) mass is 269 g/mol. The molecule has 2 aromatic rings. The lowest BCUT2D eigenvalue weighted by molar-refractivity contribution is 0.0696. The summed E-state index contributed by atoms with van der Waals surface area (Å²) in [5.41, 5.74) is 1.09. The third-order valence-electron chi connectivity index (χ3n) is 3.18. The molecule has 2 heterocycles. The minimum absolute atomic E-state index is 0.0805. The van der Waals surface area contributed by atoms with Crippen molar-refractivity contribution < 1.29 is 19.4 Å². The zero-order valence-corrected chi connectivity index (χ0v) is 10.4. The van der Waals surface area contributed by atoms with Crippen molar-refractivity contribution >= 4 is 11.8 Å². The van der Waals surface area contributed by atoms with Crippen LogP contribution < -0.4 is 4.74 Å². The number of aromatic carboxylic acids is 1. The number of Topliss-reactive ketones (excluding diaryl/α,β-unsaturated/α-hetero) is 1. The second kappa shape index (κ2) is 4.77.